The van der Waals surface area contributed by atoms with Gasteiger partial charge in [0.25, 0.3) is 0 Å². The van der Waals surface area contributed by atoms with E-state index in [4.69, 9.17) is 9.47 Å². The highest BCUT2D eigenvalue weighted by Gasteiger charge is 2.31. The Labute approximate surface area is 115 Å². The predicted molar refractivity (Wildman–Crippen MR) is 66.8 cm³/mol. The van der Waals surface area contributed by atoms with E-state index in [1.807, 2.05) is 0 Å². The Balaban J connectivity index is 3.00. The molecule has 6 heteroatoms. The molecular weight excluding hydrogens is 270 g/mol. The lowest BCUT2D eigenvalue weighted by Gasteiger charge is -2.15. The normalized spacial score (nSPS) is 10.4. The second-order valence-corrected chi connectivity index (χ2v) is 3.96. The highest BCUT2D eigenvalue weighted by molar-refractivity contribution is 5.95. The molecule has 0 N–H and O–H groups in total. The zero-order valence-corrected chi connectivity index (χ0v) is 11.3. The minimum absolute atomic E-state index is 0.0640. The zero-order chi connectivity index (χ0) is 15.1. The summed E-state index contributed by atoms with van der Waals surface area (Å²) in [5, 5.41) is 0. The van der Waals surface area contributed by atoms with Crippen LogP contribution in [0.15, 0.2) is 18.2 Å². The van der Waals surface area contributed by atoms with Crippen molar-refractivity contribution in [1.82, 2.24) is 0 Å². The van der Waals surface area contributed by atoms with Crippen LogP contribution in [-0.2, 0) is 25.5 Å². The van der Waals surface area contributed by atoms with Gasteiger partial charge in [0.1, 0.15) is 11.6 Å². The third-order valence-corrected chi connectivity index (χ3v) is 2.61. The molecule has 0 heterocycles. The van der Waals surface area contributed by atoms with Gasteiger partial charge in [-0.1, -0.05) is 6.07 Å². The van der Waals surface area contributed by atoms with E-state index in [0.717, 1.165) is 12.1 Å². The molecule has 110 valence electrons. The van der Waals surface area contributed by atoms with Gasteiger partial charge in [-0.3, -0.25) is 9.59 Å². The summed E-state index contributed by atoms with van der Waals surface area (Å²) in [6.45, 7) is 3.27. The van der Waals surface area contributed by atoms with E-state index >= 15 is 0 Å². The lowest BCUT2D eigenvalue weighted by Crippen LogP contribution is -2.30. The molecule has 4 nitrogen and oxygen atoms in total. The van der Waals surface area contributed by atoms with Gasteiger partial charge < -0.3 is 9.47 Å². The van der Waals surface area contributed by atoms with E-state index < -0.39 is 35.9 Å². The number of benzene rings is 1. The summed E-state index contributed by atoms with van der Waals surface area (Å²) >= 11 is 0. The lowest BCUT2D eigenvalue weighted by atomic mass is 9.98. The van der Waals surface area contributed by atoms with E-state index in [1.165, 1.54) is 6.07 Å². The van der Waals surface area contributed by atoms with Crippen LogP contribution < -0.4 is 0 Å². The van der Waals surface area contributed by atoms with Crippen LogP contribution in [0, 0.1) is 17.6 Å². The topological polar surface area (TPSA) is 52.6 Å². The van der Waals surface area contributed by atoms with Crippen molar-refractivity contribution >= 4 is 11.9 Å². The molecule has 0 saturated carbocycles. The number of hydrogen-bond acceptors (Lipinski definition) is 4. The van der Waals surface area contributed by atoms with Gasteiger partial charge in [-0.05, 0) is 26.0 Å². The second kappa shape index (κ2) is 7.57. The Hall–Kier alpha value is -1.98. The van der Waals surface area contributed by atoms with E-state index in [-0.39, 0.29) is 18.8 Å². The van der Waals surface area contributed by atoms with Gasteiger partial charge in [-0.15, -0.1) is 0 Å². The van der Waals surface area contributed by atoms with Crippen LogP contribution >= 0.6 is 0 Å². The van der Waals surface area contributed by atoms with Crippen LogP contribution in [0.4, 0.5) is 8.78 Å². The maximum atomic E-state index is 13.6. The summed E-state index contributed by atoms with van der Waals surface area (Å²) in [5.74, 6) is -4.71. The molecule has 0 fully saturated rings. The Bertz CT molecular complexity index is 450. The first-order valence-electron chi connectivity index (χ1n) is 6.27. The van der Waals surface area contributed by atoms with E-state index in [0.29, 0.717) is 0 Å². The molecule has 0 unspecified atom stereocenters. The Morgan fingerprint density at radius 3 is 1.90 bits per heavy atom. The Kier molecular flexibility index (Phi) is 6.09. The quantitative estimate of drug-likeness (QED) is 0.594. The molecule has 0 aliphatic carbocycles. The van der Waals surface area contributed by atoms with E-state index in [1.54, 1.807) is 13.8 Å². The van der Waals surface area contributed by atoms with Crippen LogP contribution in [0.25, 0.3) is 0 Å². The first-order chi connectivity index (χ1) is 9.51. The first kappa shape index (κ1) is 16.1. The molecule has 1 aromatic rings. The van der Waals surface area contributed by atoms with Gasteiger partial charge in [-0.25, -0.2) is 8.78 Å². The number of halogens is 2. The minimum Gasteiger partial charge on any atom is -0.465 e. The first-order valence-corrected chi connectivity index (χ1v) is 6.27. The number of hydrogen-bond donors (Lipinski definition) is 0. The average Bonchev–Trinajstić information content (AvgIpc) is 2.38. The molecule has 0 aromatic heterocycles. The molecule has 20 heavy (non-hydrogen) atoms. The Morgan fingerprint density at radius 2 is 1.50 bits per heavy atom. The number of rotatable bonds is 6. The predicted octanol–water partition coefficient (Wildman–Crippen LogP) is 2.25. The van der Waals surface area contributed by atoms with Crippen LogP contribution in [0.1, 0.15) is 19.4 Å². The molecule has 0 spiro atoms. The van der Waals surface area contributed by atoms with E-state index in [2.05, 4.69) is 0 Å². The van der Waals surface area contributed by atoms with Gasteiger partial charge in [-0.2, -0.15) is 0 Å². The maximum Gasteiger partial charge on any atom is 0.320 e. The van der Waals surface area contributed by atoms with Crippen molar-refractivity contribution in [2.24, 2.45) is 5.92 Å². The third-order valence-electron chi connectivity index (χ3n) is 2.61. The summed E-state index contributed by atoms with van der Waals surface area (Å²) in [4.78, 5) is 23.4. The fraction of sp³-hybridized carbons (Fsp3) is 0.429. The molecular formula is C14H16F2O4. The summed E-state index contributed by atoms with van der Waals surface area (Å²) in [5.41, 5.74) is -0.335. The average molecular weight is 286 g/mol. The number of carbonyl (C=O) groups excluding carboxylic acids is 2. The number of carbonyl (C=O) groups is 2. The molecule has 0 bridgehead atoms. The third kappa shape index (κ3) is 4.01. The van der Waals surface area contributed by atoms with Crippen molar-refractivity contribution in [2.45, 2.75) is 20.3 Å². The number of esters is 2. The van der Waals surface area contributed by atoms with Gasteiger partial charge in [0.15, 0.2) is 5.92 Å². The molecule has 0 aliphatic rings. The minimum atomic E-state index is -1.37. The van der Waals surface area contributed by atoms with Crippen LogP contribution in [-0.4, -0.2) is 25.2 Å². The summed E-state index contributed by atoms with van der Waals surface area (Å²) < 4.78 is 36.6. The van der Waals surface area contributed by atoms with Crippen molar-refractivity contribution < 1.29 is 27.8 Å². The lowest BCUT2D eigenvalue weighted by molar-refractivity contribution is -0.161. The second-order valence-electron chi connectivity index (χ2n) is 3.96. The summed E-state index contributed by atoms with van der Waals surface area (Å²) in [7, 11) is 0. The van der Waals surface area contributed by atoms with Crippen molar-refractivity contribution in [3.63, 3.8) is 0 Å². The maximum absolute atomic E-state index is 13.6. The SMILES string of the molecule is CCOC(=O)C(Cc1c(F)cccc1F)C(=O)OCC. The van der Waals surface area contributed by atoms with Gasteiger partial charge >= 0.3 is 11.9 Å². The molecule has 1 aromatic carbocycles. The fourth-order valence-corrected chi connectivity index (χ4v) is 1.68. The summed E-state index contributed by atoms with van der Waals surface area (Å²) in [6.07, 6.45) is -0.434. The van der Waals surface area contributed by atoms with Crippen molar-refractivity contribution in [3.8, 4) is 0 Å². The highest BCUT2D eigenvalue weighted by Crippen LogP contribution is 2.19. The summed E-state index contributed by atoms with van der Waals surface area (Å²) in [6, 6.07) is 3.33. The molecule has 0 radical (unpaired) electrons. The largest absolute Gasteiger partial charge is 0.465 e. The zero-order valence-electron chi connectivity index (χ0n) is 11.3. The monoisotopic (exact) mass is 286 g/mol. The fourth-order valence-electron chi connectivity index (χ4n) is 1.68. The van der Waals surface area contributed by atoms with Gasteiger partial charge in [0.05, 0.1) is 13.2 Å². The smallest absolute Gasteiger partial charge is 0.320 e. The van der Waals surface area contributed by atoms with Crippen molar-refractivity contribution in [1.29, 1.82) is 0 Å². The van der Waals surface area contributed by atoms with Crippen LogP contribution in [0.2, 0.25) is 0 Å². The molecule has 0 amide bonds. The molecule has 0 atom stereocenters. The van der Waals surface area contributed by atoms with Crippen LogP contribution in [0.3, 0.4) is 0 Å². The number of ether oxygens (including phenoxy) is 2. The highest BCUT2D eigenvalue weighted by atomic mass is 19.1. The van der Waals surface area contributed by atoms with Gasteiger partial charge in [0, 0.05) is 12.0 Å². The Morgan fingerprint density at radius 1 is 1.05 bits per heavy atom. The molecule has 0 saturated heterocycles. The van der Waals surface area contributed by atoms with E-state index in [9.17, 15) is 18.4 Å². The molecule has 1 rings (SSSR count). The van der Waals surface area contributed by atoms with Crippen LogP contribution in [0.5, 0.6) is 0 Å². The molecule has 0 aliphatic heterocycles. The van der Waals surface area contributed by atoms with Crippen molar-refractivity contribution in [2.75, 3.05) is 13.2 Å². The standard InChI is InChI=1S/C14H16F2O4/c1-3-19-13(17)10(14(18)20-4-2)8-9-11(15)6-5-7-12(9)16/h5-7,10H,3-4,8H2,1-2H3. The van der Waals surface area contributed by atoms with Gasteiger partial charge in [0.2, 0.25) is 0 Å². The van der Waals surface area contributed by atoms with Crippen molar-refractivity contribution in [3.05, 3.63) is 35.4 Å².